The molecule has 1 fully saturated rings. The fourth-order valence-electron chi connectivity index (χ4n) is 3.04. The predicted octanol–water partition coefficient (Wildman–Crippen LogP) is 3.94. The standard InChI is InChI=1S/C15H23NO4.C2H6/c1-3-19-15(18)20-16-10-13(11(2)14(16)17)12-8-6-4-5-7-9-12;1-2/h6,8,11-13H,3-5,7,9-10H2,1-2H3;1-2H3. The first-order valence-electron chi connectivity index (χ1n) is 8.46. The molecule has 0 saturated carbocycles. The van der Waals surface area contributed by atoms with Gasteiger partial charge >= 0.3 is 6.16 Å². The Balaban J connectivity index is 0.00000116. The second-order valence-corrected chi connectivity index (χ2v) is 5.50. The Labute approximate surface area is 133 Å². The molecule has 5 nitrogen and oxygen atoms in total. The van der Waals surface area contributed by atoms with Gasteiger partial charge in [0.1, 0.15) is 0 Å². The maximum atomic E-state index is 12.2. The fourth-order valence-corrected chi connectivity index (χ4v) is 3.04. The molecule has 1 amide bonds. The summed E-state index contributed by atoms with van der Waals surface area (Å²) in [6, 6.07) is 0. The third-order valence-electron chi connectivity index (χ3n) is 4.19. The van der Waals surface area contributed by atoms with E-state index in [1.165, 1.54) is 17.9 Å². The Morgan fingerprint density at radius 3 is 2.77 bits per heavy atom. The summed E-state index contributed by atoms with van der Waals surface area (Å²) in [5, 5.41) is 1.17. The molecule has 1 heterocycles. The van der Waals surface area contributed by atoms with Gasteiger partial charge in [0.2, 0.25) is 0 Å². The van der Waals surface area contributed by atoms with Crippen molar-refractivity contribution in [3.8, 4) is 0 Å². The molecular formula is C17H29NO4. The van der Waals surface area contributed by atoms with E-state index < -0.39 is 6.16 Å². The van der Waals surface area contributed by atoms with E-state index in [1.54, 1.807) is 6.92 Å². The number of allylic oxidation sites excluding steroid dienone is 2. The molecule has 126 valence electrons. The highest BCUT2D eigenvalue weighted by Gasteiger charge is 2.42. The van der Waals surface area contributed by atoms with Crippen LogP contribution in [-0.2, 0) is 14.4 Å². The minimum absolute atomic E-state index is 0.114. The van der Waals surface area contributed by atoms with E-state index in [0.29, 0.717) is 12.5 Å². The van der Waals surface area contributed by atoms with Crippen LogP contribution in [0.15, 0.2) is 12.2 Å². The quantitative estimate of drug-likeness (QED) is 0.585. The van der Waals surface area contributed by atoms with Gasteiger partial charge in [0.15, 0.2) is 0 Å². The van der Waals surface area contributed by atoms with E-state index in [4.69, 9.17) is 9.57 Å². The van der Waals surface area contributed by atoms with Gasteiger partial charge in [0.25, 0.3) is 5.91 Å². The summed E-state index contributed by atoms with van der Waals surface area (Å²) >= 11 is 0. The van der Waals surface area contributed by atoms with Crippen molar-refractivity contribution in [2.75, 3.05) is 13.2 Å². The molecule has 1 aliphatic carbocycles. The van der Waals surface area contributed by atoms with Gasteiger partial charge in [-0.3, -0.25) is 4.79 Å². The maximum Gasteiger partial charge on any atom is 0.533 e. The zero-order valence-corrected chi connectivity index (χ0v) is 14.2. The van der Waals surface area contributed by atoms with E-state index in [0.717, 1.165) is 12.8 Å². The topological polar surface area (TPSA) is 55.8 Å². The summed E-state index contributed by atoms with van der Waals surface area (Å²) < 4.78 is 4.72. The molecule has 22 heavy (non-hydrogen) atoms. The smallest absolute Gasteiger partial charge is 0.433 e. The van der Waals surface area contributed by atoms with Crippen LogP contribution >= 0.6 is 0 Å². The lowest BCUT2D eigenvalue weighted by atomic mass is 9.82. The van der Waals surface area contributed by atoms with Gasteiger partial charge in [0.05, 0.1) is 13.2 Å². The van der Waals surface area contributed by atoms with Gasteiger partial charge in [-0.2, -0.15) is 5.06 Å². The lowest BCUT2D eigenvalue weighted by Crippen LogP contribution is -2.30. The summed E-state index contributed by atoms with van der Waals surface area (Å²) in [5.41, 5.74) is 0. The number of ether oxygens (including phenoxy) is 1. The first kappa shape index (κ1) is 18.5. The maximum absolute atomic E-state index is 12.2. The summed E-state index contributed by atoms with van der Waals surface area (Å²) in [6.45, 7) is 8.33. The van der Waals surface area contributed by atoms with Gasteiger partial charge in [-0.25, -0.2) is 4.79 Å². The van der Waals surface area contributed by atoms with Gasteiger partial charge in [-0.15, -0.1) is 0 Å². The van der Waals surface area contributed by atoms with Gasteiger partial charge < -0.3 is 9.57 Å². The number of carbonyl (C=O) groups excluding carboxylic acids is 2. The van der Waals surface area contributed by atoms with Crippen molar-refractivity contribution in [1.29, 1.82) is 0 Å². The van der Waals surface area contributed by atoms with Crippen LogP contribution in [0, 0.1) is 17.8 Å². The zero-order chi connectivity index (χ0) is 16.5. The molecule has 2 aliphatic rings. The lowest BCUT2D eigenvalue weighted by molar-refractivity contribution is -0.166. The molecule has 1 aliphatic heterocycles. The first-order chi connectivity index (χ1) is 10.6. The second kappa shape index (κ2) is 9.49. The van der Waals surface area contributed by atoms with E-state index in [-0.39, 0.29) is 24.3 Å². The Hall–Kier alpha value is -1.52. The number of carbonyl (C=O) groups is 2. The highest BCUT2D eigenvalue weighted by atomic mass is 16.8. The minimum atomic E-state index is -0.801. The molecular weight excluding hydrogens is 282 g/mol. The Kier molecular flexibility index (Phi) is 7.99. The highest BCUT2D eigenvalue weighted by Crippen LogP contribution is 2.35. The molecule has 2 rings (SSSR count). The largest absolute Gasteiger partial charge is 0.533 e. The van der Waals surface area contributed by atoms with Gasteiger partial charge in [0, 0.05) is 5.92 Å². The normalized spacial score (nSPS) is 27.7. The number of nitrogens with zero attached hydrogens (tertiary/aromatic N) is 1. The highest BCUT2D eigenvalue weighted by molar-refractivity contribution is 5.81. The molecule has 5 heteroatoms. The zero-order valence-electron chi connectivity index (χ0n) is 14.2. The Bertz CT molecular complexity index is 394. The van der Waals surface area contributed by atoms with Crippen molar-refractivity contribution >= 4 is 12.1 Å². The molecule has 0 aromatic rings. The number of hydrogen-bond donors (Lipinski definition) is 0. The van der Waals surface area contributed by atoms with Crippen LogP contribution in [0.4, 0.5) is 4.79 Å². The third-order valence-corrected chi connectivity index (χ3v) is 4.19. The van der Waals surface area contributed by atoms with Crippen molar-refractivity contribution in [2.45, 2.75) is 53.4 Å². The van der Waals surface area contributed by atoms with Crippen LogP contribution in [0.25, 0.3) is 0 Å². The Morgan fingerprint density at radius 2 is 2.09 bits per heavy atom. The molecule has 3 unspecified atom stereocenters. The van der Waals surface area contributed by atoms with E-state index in [9.17, 15) is 9.59 Å². The van der Waals surface area contributed by atoms with E-state index in [1.807, 2.05) is 20.8 Å². The van der Waals surface area contributed by atoms with Crippen LogP contribution in [0.2, 0.25) is 0 Å². The SMILES string of the molecule is CC.CCOC(=O)ON1CC(C2C=CCCCC2)C(C)C1=O. The van der Waals surface area contributed by atoms with Crippen LogP contribution < -0.4 is 0 Å². The number of hydrogen-bond acceptors (Lipinski definition) is 4. The molecule has 0 radical (unpaired) electrons. The van der Waals surface area contributed by atoms with E-state index >= 15 is 0 Å². The predicted molar refractivity (Wildman–Crippen MR) is 84.9 cm³/mol. The molecule has 0 bridgehead atoms. The average Bonchev–Trinajstić information content (AvgIpc) is 2.74. The van der Waals surface area contributed by atoms with Crippen molar-refractivity contribution in [3.05, 3.63) is 12.2 Å². The van der Waals surface area contributed by atoms with Crippen LogP contribution in [-0.4, -0.2) is 30.3 Å². The monoisotopic (exact) mass is 311 g/mol. The second-order valence-electron chi connectivity index (χ2n) is 5.50. The molecule has 0 aromatic carbocycles. The Morgan fingerprint density at radius 1 is 1.36 bits per heavy atom. The van der Waals surface area contributed by atoms with E-state index in [2.05, 4.69) is 12.2 Å². The molecule has 0 N–H and O–H groups in total. The summed E-state index contributed by atoms with van der Waals surface area (Å²) in [5.74, 6) is 0.372. The van der Waals surface area contributed by atoms with Crippen LogP contribution in [0.5, 0.6) is 0 Å². The molecule has 1 saturated heterocycles. The van der Waals surface area contributed by atoms with Crippen molar-refractivity contribution < 1.29 is 19.2 Å². The third kappa shape index (κ3) is 4.75. The number of amides is 1. The fraction of sp³-hybridized carbons (Fsp3) is 0.765. The molecule has 0 aromatic heterocycles. The van der Waals surface area contributed by atoms with Crippen LogP contribution in [0.1, 0.15) is 53.4 Å². The van der Waals surface area contributed by atoms with Gasteiger partial charge in [-0.1, -0.05) is 39.3 Å². The minimum Gasteiger partial charge on any atom is -0.433 e. The summed E-state index contributed by atoms with van der Waals surface area (Å²) in [4.78, 5) is 28.5. The van der Waals surface area contributed by atoms with Crippen molar-refractivity contribution in [2.24, 2.45) is 17.8 Å². The van der Waals surface area contributed by atoms with Gasteiger partial charge in [-0.05, 0) is 38.0 Å². The van der Waals surface area contributed by atoms with Crippen molar-refractivity contribution in [3.63, 3.8) is 0 Å². The van der Waals surface area contributed by atoms with Crippen molar-refractivity contribution in [1.82, 2.24) is 5.06 Å². The molecule has 3 atom stereocenters. The molecule has 0 spiro atoms. The summed E-state index contributed by atoms with van der Waals surface area (Å²) in [6.07, 6.45) is 8.27. The lowest BCUT2D eigenvalue weighted by Gasteiger charge is -2.21. The number of hydroxylamine groups is 2. The average molecular weight is 311 g/mol. The first-order valence-corrected chi connectivity index (χ1v) is 8.46. The van der Waals surface area contributed by atoms with Crippen LogP contribution in [0.3, 0.4) is 0 Å². The summed E-state index contributed by atoms with van der Waals surface area (Å²) in [7, 11) is 0. The number of rotatable bonds is 3.